The molecule has 25 heavy (non-hydrogen) atoms. The molecule has 1 aliphatic heterocycles. The van der Waals surface area contributed by atoms with E-state index in [1.165, 1.54) is 19.3 Å². The molecule has 1 amide bonds. The summed E-state index contributed by atoms with van der Waals surface area (Å²) >= 11 is 0. The van der Waals surface area contributed by atoms with Crippen LogP contribution in [0.2, 0.25) is 0 Å². The molecular weight excluding hydrogens is 314 g/mol. The highest BCUT2D eigenvalue weighted by Gasteiger charge is 2.42. The van der Waals surface area contributed by atoms with E-state index in [-0.39, 0.29) is 5.91 Å². The van der Waals surface area contributed by atoms with Gasteiger partial charge in [0.2, 0.25) is 5.88 Å². The average Bonchev–Trinajstić information content (AvgIpc) is 2.98. The Morgan fingerprint density at radius 2 is 2.12 bits per heavy atom. The van der Waals surface area contributed by atoms with Crippen molar-refractivity contribution in [1.82, 2.24) is 14.9 Å². The molecule has 1 aromatic carbocycles. The lowest BCUT2D eigenvalue weighted by Gasteiger charge is -2.33. The van der Waals surface area contributed by atoms with Crippen molar-refractivity contribution in [2.75, 3.05) is 0 Å². The number of fused-ring (bicyclic) bond motifs is 1. The van der Waals surface area contributed by atoms with Crippen LogP contribution in [-0.2, 0) is 0 Å². The number of benzene rings is 1. The second-order valence-corrected chi connectivity index (χ2v) is 7.08. The summed E-state index contributed by atoms with van der Waals surface area (Å²) < 4.78 is 5.72. The molecule has 0 bridgehead atoms. The molecule has 5 heteroatoms. The molecule has 2 fully saturated rings. The number of hydrogen-bond donors (Lipinski definition) is 0. The number of hydrogen-bond acceptors (Lipinski definition) is 4. The maximum Gasteiger partial charge on any atom is 0.254 e. The lowest BCUT2D eigenvalue weighted by Crippen LogP contribution is -2.42. The van der Waals surface area contributed by atoms with Crippen LogP contribution >= 0.6 is 0 Å². The number of aromatic nitrogens is 2. The van der Waals surface area contributed by atoms with Gasteiger partial charge in [-0.05, 0) is 50.3 Å². The van der Waals surface area contributed by atoms with E-state index >= 15 is 0 Å². The molecule has 1 aliphatic carbocycles. The monoisotopic (exact) mass is 337 g/mol. The van der Waals surface area contributed by atoms with Crippen LogP contribution in [0.5, 0.6) is 11.6 Å². The summed E-state index contributed by atoms with van der Waals surface area (Å²) in [6.45, 7) is 2.18. The van der Waals surface area contributed by atoms with Crippen molar-refractivity contribution in [3.05, 3.63) is 48.4 Å². The fourth-order valence-corrected chi connectivity index (χ4v) is 4.36. The van der Waals surface area contributed by atoms with E-state index < -0.39 is 0 Å². The topological polar surface area (TPSA) is 55.3 Å². The fourth-order valence-electron chi connectivity index (χ4n) is 4.36. The van der Waals surface area contributed by atoms with E-state index in [2.05, 4.69) is 21.8 Å². The summed E-state index contributed by atoms with van der Waals surface area (Å²) in [5.41, 5.74) is 0.680. The number of nitrogens with zero attached hydrogens (tertiary/aromatic N) is 3. The fraction of sp³-hybridized carbons (Fsp3) is 0.450. The highest BCUT2D eigenvalue weighted by molar-refractivity contribution is 5.95. The number of amides is 1. The van der Waals surface area contributed by atoms with Gasteiger partial charge >= 0.3 is 0 Å². The number of likely N-dealkylation sites (tertiary alicyclic amines) is 1. The lowest BCUT2D eigenvalue weighted by atomic mass is 9.85. The van der Waals surface area contributed by atoms with E-state index in [1.807, 2.05) is 18.2 Å². The first-order valence-electron chi connectivity index (χ1n) is 9.09. The second-order valence-electron chi connectivity index (χ2n) is 7.08. The molecule has 1 saturated heterocycles. The molecule has 1 aromatic heterocycles. The Balaban J connectivity index is 1.55. The minimum absolute atomic E-state index is 0.117. The predicted octanol–water partition coefficient (Wildman–Crippen LogP) is 4.06. The molecule has 0 unspecified atom stereocenters. The minimum atomic E-state index is 0.117. The SMILES string of the molecule is C[C@@H]1C[C@H]2CCCC[C@@H]2N1C(=O)c1cccc(Oc2cnccn2)c1. The Morgan fingerprint density at radius 3 is 2.96 bits per heavy atom. The van der Waals surface area contributed by atoms with E-state index in [0.29, 0.717) is 35.2 Å². The summed E-state index contributed by atoms with van der Waals surface area (Å²) in [7, 11) is 0. The molecule has 0 N–H and O–H groups in total. The van der Waals surface area contributed by atoms with Gasteiger partial charge in [0.05, 0.1) is 6.20 Å². The lowest BCUT2D eigenvalue weighted by molar-refractivity contribution is 0.0633. The minimum Gasteiger partial charge on any atom is -0.437 e. The molecule has 0 radical (unpaired) electrons. The summed E-state index contributed by atoms with van der Waals surface area (Å²) in [4.78, 5) is 23.4. The second kappa shape index (κ2) is 6.82. The third kappa shape index (κ3) is 3.23. The molecule has 130 valence electrons. The molecule has 2 heterocycles. The van der Waals surface area contributed by atoms with Crippen LogP contribution in [0.15, 0.2) is 42.9 Å². The number of carbonyl (C=O) groups excluding carboxylic acids is 1. The molecule has 0 spiro atoms. The largest absolute Gasteiger partial charge is 0.437 e. The summed E-state index contributed by atoms with van der Waals surface area (Å²) in [6.07, 6.45) is 10.8. The van der Waals surface area contributed by atoms with Crippen LogP contribution in [0.1, 0.15) is 49.4 Å². The van der Waals surface area contributed by atoms with Crippen LogP contribution in [0.4, 0.5) is 0 Å². The van der Waals surface area contributed by atoms with Crippen LogP contribution in [0.25, 0.3) is 0 Å². The number of rotatable bonds is 3. The Bertz CT molecular complexity index is 750. The normalized spacial score (nSPS) is 25.5. The first-order chi connectivity index (χ1) is 12.2. The Hall–Kier alpha value is -2.43. The average molecular weight is 337 g/mol. The van der Waals surface area contributed by atoms with Gasteiger partial charge in [-0.15, -0.1) is 0 Å². The Labute approximate surface area is 148 Å². The number of carbonyl (C=O) groups is 1. The molecular formula is C20H23N3O2. The van der Waals surface area contributed by atoms with Crippen molar-refractivity contribution in [3.8, 4) is 11.6 Å². The third-order valence-corrected chi connectivity index (χ3v) is 5.42. The van der Waals surface area contributed by atoms with Crippen LogP contribution in [0, 0.1) is 5.92 Å². The molecule has 3 atom stereocenters. The maximum atomic E-state index is 13.2. The maximum absolute atomic E-state index is 13.2. The molecule has 2 aromatic rings. The van der Waals surface area contributed by atoms with E-state index in [1.54, 1.807) is 24.7 Å². The van der Waals surface area contributed by atoms with Gasteiger partial charge < -0.3 is 9.64 Å². The summed E-state index contributed by atoms with van der Waals surface area (Å²) in [6, 6.07) is 8.08. The zero-order valence-electron chi connectivity index (χ0n) is 14.5. The Kier molecular flexibility index (Phi) is 4.38. The van der Waals surface area contributed by atoms with Gasteiger partial charge in [-0.25, -0.2) is 4.98 Å². The van der Waals surface area contributed by atoms with Crippen molar-refractivity contribution < 1.29 is 9.53 Å². The van der Waals surface area contributed by atoms with Gasteiger partial charge in [0.25, 0.3) is 5.91 Å². The Morgan fingerprint density at radius 1 is 1.24 bits per heavy atom. The van der Waals surface area contributed by atoms with Gasteiger partial charge in [-0.3, -0.25) is 9.78 Å². The molecule has 1 saturated carbocycles. The summed E-state index contributed by atoms with van der Waals surface area (Å²) in [5, 5.41) is 0. The zero-order valence-corrected chi connectivity index (χ0v) is 14.5. The van der Waals surface area contributed by atoms with Crippen molar-refractivity contribution in [2.45, 2.75) is 51.1 Å². The van der Waals surface area contributed by atoms with Crippen molar-refractivity contribution in [1.29, 1.82) is 0 Å². The van der Waals surface area contributed by atoms with Crippen LogP contribution in [-0.4, -0.2) is 32.9 Å². The van der Waals surface area contributed by atoms with Crippen molar-refractivity contribution in [3.63, 3.8) is 0 Å². The summed E-state index contributed by atoms with van der Waals surface area (Å²) in [5.74, 6) is 1.82. The highest BCUT2D eigenvalue weighted by Crippen LogP contribution is 2.40. The standard InChI is InChI=1S/C20H23N3O2/c1-14-11-15-5-2-3-8-18(15)23(14)20(24)16-6-4-7-17(12-16)25-19-13-21-9-10-22-19/h4,6-7,9-10,12-15,18H,2-3,5,8,11H2,1H3/t14-,15-,18+/m1/s1. The number of ether oxygens (including phenoxy) is 1. The van der Waals surface area contributed by atoms with Gasteiger partial charge in [-0.2, -0.15) is 0 Å². The van der Waals surface area contributed by atoms with Gasteiger partial charge in [0, 0.05) is 30.0 Å². The highest BCUT2D eigenvalue weighted by atomic mass is 16.5. The first-order valence-corrected chi connectivity index (χ1v) is 9.09. The predicted molar refractivity (Wildman–Crippen MR) is 94.5 cm³/mol. The van der Waals surface area contributed by atoms with Crippen LogP contribution < -0.4 is 4.74 Å². The molecule has 5 nitrogen and oxygen atoms in total. The molecule has 4 rings (SSSR count). The van der Waals surface area contributed by atoms with Gasteiger partial charge in [0.15, 0.2) is 0 Å². The van der Waals surface area contributed by atoms with Gasteiger partial charge in [0.1, 0.15) is 5.75 Å². The zero-order chi connectivity index (χ0) is 17.2. The molecule has 2 aliphatic rings. The smallest absolute Gasteiger partial charge is 0.254 e. The van der Waals surface area contributed by atoms with Crippen molar-refractivity contribution in [2.24, 2.45) is 5.92 Å². The quantitative estimate of drug-likeness (QED) is 0.847. The van der Waals surface area contributed by atoms with E-state index in [9.17, 15) is 4.79 Å². The van der Waals surface area contributed by atoms with E-state index in [4.69, 9.17) is 4.74 Å². The van der Waals surface area contributed by atoms with Crippen LogP contribution in [0.3, 0.4) is 0 Å². The van der Waals surface area contributed by atoms with E-state index in [0.717, 1.165) is 12.8 Å². The third-order valence-electron chi connectivity index (χ3n) is 5.42. The van der Waals surface area contributed by atoms with Crippen molar-refractivity contribution >= 4 is 5.91 Å². The van der Waals surface area contributed by atoms with Gasteiger partial charge in [-0.1, -0.05) is 18.9 Å². The first kappa shape index (κ1) is 16.1.